The summed E-state index contributed by atoms with van der Waals surface area (Å²) in [7, 11) is 0. The fraction of sp³-hybridized carbons (Fsp3) is 0.200. The molecule has 0 aliphatic rings. The van der Waals surface area contributed by atoms with E-state index in [1.54, 1.807) is 23.1 Å². The molecule has 164 valence electrons. The Bertz CT molecular complexity index is 1540. The average molecular weight is 439 g/mol. The number of nitriles is 1. The van der Waals surface area contributed by atoms with Crippen LogP contribution in [-0.4, -0.2) is 31.3 Å². The minimum absolute atomic E-state index is 0.247. The molecule has 4 heterocycles. The summed E-state index contributed by atoms with van der Waals surface area (Å²) in [5, 5.41) is 18.9. The van der Waals surface area contributed by atoms with Crippen molar-refractivity contribution in [2.45, 2.75) is 26.7 Å². The average Bonchev–Trinajstić information content (AvgIpc) is 3.44. The Morgan fingerprint density at radius 1 is 1.21 bits per heavy atom. The van der Waals surface area contributed by atoms with Gasteiger partial charge in [-0.15, -0.1) is 0 Å². The smallest absolute Gasteiger partial charge is 0.140 e. The summed E-state index contributed by atoms with van der Waals surface area (Å²) in [5.74, 6) is -0.0939. The summed E-state index contributed by atoms with van der Waals surface area (Å²) >= 11 is 0. The van der Waals surface area contributed by atoms with E-state index in [1.165, 1.54) is 18.3 Å². The van der Waals surface area contributed by atoms with Crippen LogP contribution in [0.5, 0.6) is 0 Å². The molecule has 0 bridgehead atoms. The monoisotopic (exact) mass is 439 g/mol. The predicted octanol–water partition coefficient (Wildman–Crippen LogP) is 5.53. The lowest BCUT2D eigenvalue weighted by Gasteiger charge is -2.12. The lowest BCUT2D eigenvalue weighted by atomic mass is 10.0. The first-order valence-corrected chi connectivity index (χ1v) is 10.8. The van der Waals surface area contributed by atoms with Gasteiger partial charge in [-0.25, -0.2) is 14.1 Å². The molecule has 0 spiro atoms. The molecule has 5 rings (SSSR count). The van der Waals surface area contributed by atoms with Gasteiger partial charge in [0.25, 0.3) is 0 Å². The normalized spacial score (nSPS) is 11.4. The Hall–Kier alpha value is -4.25. The number of fused-ring (bicyclic) bond motifs is 3. The molecule has 33 heavy (non-hydrogen) atoms. The molecule has 0 saturated heterocycles. The summed E-state index contributed by atoms with van der Waals surface area (Å²) in [4.78, 5) is 12.2. The molecule has 1 aromatic carbocycles. The molecule has 0 radical (unpaired) electrons. The Morgan fingerprint density at radius 2 is 2.06 bits per heavy atom. The maximum Gasteiger partial charge on any atom is 0.140 e. The quantitative estimate of drug-likeness (QED) is 0.375. The molecule has 5 aromatic rings. The molecule has 0 atom stereocenters. The van der Waals surface area contributed by atoms with E-state index in [2.05, 4.69) is 40.2 Å². The van der Waals surface area contributed by atoms with Gasteiger partial charge in [0.15, 0.2) is 0 Å². The number of hydrogen-bond acceptors (Lipinski definition) is 5. The van der Waals surface area contributed by atoms with Gasteiger partial charge in [0, 0.05) is 47.8 Å². The van der Waals surface area contributed by atoms with Gasteiger partial charge in [0.1, 0.15) is 17.5 Å². The Labute approximate surface area is 189 Å². The summed E-state index contributed by atoms with van der Waals surface area (Å²) in [6.07, 6.45) is 6.85. The molecule has 8 heteroatoms. The molecule has 0 fully saturated rings. The third-order valence-corrected chi connectivity index (χ3v) is 5.64. The number of anilines is 1. The Balaban J connectivity index is 1.91. The molecular weight excluding hydrogens is 417 g/mol. The van der Waals surface area contributed by atoms with Crippen molar-refractivity contribution in [3.8, 4) is 22.9 Å². The summed E-state index contributed by atoms with van der Waals surface area (Å²) in [6.45, 7) is 6.79. The van der Waals surface area contributed by atoms with Crippen LogP contribution in [0.2, 0.25) is 0 Å². The highest BCUT2D eigenvalue weighted by molar-refractivity contribution is 6.15. The maximum atomic E-state index is 14.6. The van der Waals surface area contributed by atoms with E-state index in [1.807, 2.05) is 19.2 Å². The van der Waals surface area contributed by atoms with E-state index in [4.69, 9.17) is 5.10 Å². The van der Waals surface area contributed by atoms with Crippen molar-refractivity contribution in [1.82, 2.24) is 24.7 Å². The van der Waals surface area contributed by atoms with Crippen LogP contribution in [0, 0.1) is 17.1 Å². The number of aromatic amines is 1. The minimum Gasteiger partial charge on any atom is -0.384 e. The number of hydrogen-bond donors (Lipinski definition) is 2. The number of nitrogens with one attached hydrogen (secondary N) is 2. The number of rotatable bonds is 5. The van der Waals surface area contributed by atoms with E-state index >= 15 is 0 Å². The van der Waals surface area contributed by atoms with Gasteiger partial charge in [-0.3, -0.25) is 4.98 Å². The van der Waals surface area contributed by atoms with Crippen LogP contribution in [0.1, 0.15) is 37.9 Å². The minimum atomic E-state index is -0.341. The lowest BCUT2D eigenvalue weighted by molar-refractivity contribution is 0.630. The largest absolute Gasteiger partial charge is 0.384 e. The SMILES string of the molecule is CCNc1cc(F)cc2c1[nH]c1ncc(-c3cncc(C#N)c3)c(-n3ccc(C(C)C)n3)c12. The van der Waals surface area contributed by atoms with Gasteiger partial charge in [-0.05, 0) is 37.1 Å². The van der Waals surface area contributed by atoms with E-state index in [0.29, 0.717) is 28.8 Å². The van der Waals surface area contributed by atoms with Crippen molar-refractivity contribution < 1.29 is 4.39 Å². The molecular formula is C25H22FN7. The van der Waals surface area contributed by atoms with Crippen LogP contribution in [0.3, 0.4) is 0 Å². The number of aromatic nitrogens is 5. The molecule has 2 N–H and O–H groups in total. The first-order chi connectivity index (χ1) is 16.0. The zero-order valence-corrected chi connectivity index (χ0v) is 18.5. The fourth-order valence-corrected chi connectivity index (χ4v) is 4.11. The van der Waals surface area contributed by atoms with E-state index in [0.717, 1.165) is 33.4 Å². The second-order valence-electron chi connectivity index (χ2n) is 8.19. The molecule has 4 aromatic heterocycles. The topological polar surface area (TPSA) is 95.2 Å². The third kappa shape index (κ3) is 3.48. The van der Waals surface area contributed by atoms with E-state index < -0.39 is 0 Å². The van der Waals surface area contributed by atoms with Crippen LogP contribution in [0.4, 0.5) is 10.1 Å². The predicted molar refractivity (Wildman–Crippen MR) is 127 cm³/mol. The molecule has 0 unspecified atom stereocenters. The highest BCUT2D eigenvalue weighted by Gasteiger charge is 2.21. The second-order valence-corrected chi connectivity index (χ2v) is 8.19. The molecule has 0 aliphatic carbocycles. The summed E-state index contributed by atoms with van der Waals surface area (Å²) < 4.78 is 16.5. The van der Waals surface area contributed by atoms with Crippen molar-refractivity contribution in [3.63, 3.8) is 0 Å². The highest BCUT2D eigenvalue weighted by atomic mass is 19.1. The molecule has 0 aliphatic heterocycles. The van der Waals surface area contributed by atoms with Crippen molar-refractivity contribution >= 4 is 27.6 Å². The number of halogens is 1. The van der Waals surface area contributed by atoms with Gasteiger partial charge in [-0.2, -0.15) is 10.4 Å². The lowest BCUT2D eigenvalue weighted by Crippen LogP contribution is -2.02. The zero-order chi connectivity index (χ0) is 23.1. The van der Waals surface area contributed by atoms with Crippen LogP contribution in [0.25, 0.3) is 38.8 Å². The highest BCUT2D eigenvalue weighted by Crippen LogP contribution is 2.38. The molecule has 7 nitrogen and oxygen atoms in total. The number of H-pyrrole nitrogens is 1. The van der Waals surface area contributed by atoms with Gasteiger partial charge in [0.05, 0.1) is 33.5 Å². The van der Waals surface area contributed by atoms with Crippen molar-refractivity contribution in [3.05, 3.63) is 66.1 Å². The van der Waals surface area contributed by atoms with Gasteiger partial charge >= 0.3 is 0 Å². The Morgan fingerprint density at radius 3 is 2.79 bits per heavy atom. The molecule has 0 saturated carbocycles. The van der Waals surface area contributed by atoms with Crippen molar-refractivity contribution in [2.24, 2.45) is 0 Å². The van der Waals surface area contributed by atoms with Gasteiger partial charge in [-0.1, -0.05) is 13.8 Å². The van der Waals surface area contributed by atoms with Gasteiger partial charge < -0.3 is 10.3 Å². The summed E-state index contributed by atoms with van der Waals surface area (Å²) in [5.41, 5.74) is 5.70. The van der Waals surface area contributed by atoms with Crippen LogP contribution < -0.4 is 5.32 Å². The van der Waals surface area contributed by atoms with Crippen molar-refractivity contribution in [1.29, 1.82) is 5.26 Å². The zero-order valence-electron chi connectivity index (χ0n) is 18.5. The van der Waals surface area contributed by atoms with E-state index in [9.17, 15) is 9.65 Å². The van der Waals surface area contributed by atoms with Gasteiger partial charge in [0.2, 0.25) is 0 Å². The van der Waals surface area contributed by atoms with Crippen LogP contribution in [-0.2, 0) is 0 Å². The first kappa shape index (κ1) is 20.6. The Kier molecular flexibility index (Phi) is 5.02. The maximum absolute atomic E-state index is 14.6. The number of nitrogens with zero attached hydrogens (tertiary/aromatic N) is 5. The number of benzene rings is 1. The fourth-order valence-electron chi connectivity index (χ4n) is 4.11. The van der Waals surface area contributed by atoms with Crippen LogP contribution in [0.15, 0.2) is 49.1 Å². The standard InChI is InChI=1S/C25H22FN7/c1-4-29-21-9-17(26)8-18-22-24(33-6-5-20(32-33)14(2)3)19(13-30-25(22)31-23(18)21)16-7-15(10-27)11-28-12-16/h5-9,11-14,29H,4H2,1-3H3,(H,30,31). The van der Waals surface area contributed by atoms with E-state index in [-0.39, 0.29) is 11.7 Å². The second kappa shape index (κ2) is 8.02. The first-order valence-electron chi connectivity index (χ1n) is 10.8. The van der Waals surface area contributed by atoms with Crippen molar-refractivity contribution in [2.75, 3.05) is 11.9 Å². The summed E-state index contributed by atoms with van der Waals surface area (Å²) in [6, 6.07) is 8.88. The third-order valence-electron chi connectivity index (χ3n) is 5.64. The molecule has 0 amide bonds. The van der Waals surface area contributed by atoms with Crippen LogP contribution >= 0.6 is 0 Å². The number of pyridine rings is 2.